The van der Waals surface area contributed by atoms with E-state index in [0.717, 1.165) is 16.8 Å². The van der Waals surface area contributed by atoms with Crippen molar-refractivity contribution in [3.63, 3.8) is 0 Å². The highest BCUT2D eigenvalue weighted by molar-refractivity contribution is 6.30. The highest BCUT2D eigenvalue weighted by Crippen LogP contribution is 2.33. The standard InChI is InChI=1S/C16H15ClFN3/c1-10-8-11(17)2-7-14(10)15-9-20-16(19)21(15)13-5-3-12(18)4-6-13/h2-8,15H,9H2,1H3,(H2,19,20). The Labute approximate surface area is 127 Å². The normalized spacial score (nSPS) is 18.0. The molecule has 21 heavy (non-hydrogen) atoms. The average Bonchev–Trinajstić information content (AvgIpc) is 2.82. The molecule has 3 nitrogen and oxygen atoms in total. The second kappa shape index (κ2) is 5.37. The van der Waals surface area contributed by atoms with Gasteiger partial charge in [0.1, 0.15) is 5.82 Å². The fourth-order valence-electron chi connectivity index (χ4n) is 2.66. The topological polar surface area (TPSA) is 41.6 Å². The highest BCUT2D eigenvalue weighted by atomic mass is 35.5. The molecule has 1 aliphatic heterocycles. The molecule has 0 radical (unpaired) electrons. The van der Waals surface area contributed by atoms with E-state index in [1.165, 1.54) is 12.1 Å². The Hall–Kier alpha value is -2.07. The van der Waals surface area contributed by atoms with Crippen LogP contribution in [0, 0.1) is 12.7 Å². The summed E-state index contributed by atoms with van der Waals surface area (Å²) in [6, 6.07) is 12.1. The van der Waals surface area contributed by atoms with Crippen LogP contribution in [0.15, 0.2) is 47.5 Å². The maximum Gasteiger partial charge on any atom is 0.196 e. The van der Waals surface area contributed by atoms with Crippen LogP contribution in [0.2, 0.25) is 5.02 Å². The predicted octanol–water partition coefficient (Wildman–Crippen LogP) is 3.66. The number of aryl methyl sites for hydroxylation is 1. The summed E-state index contributed by atoms with van der Waals surface area (Å²) in [7, 11) is 0. The van der Waals surface area contributed by atoms with E-state index in [4.69, 9.17) is 17.3 Å². The largest absolute Gasteiger partial charge is 0.369 e. The van der Waals surface area contributed by atoms with Gasteiger partial charge in [-0.25, -0.2) is 4.39 Å². The van der Waals surface area contributed by atoms with Crippen LogP contribution in [0.5, 0.6) is 0 Å². The van der Waals surface area contributed by atoms with E-state index in [9.17, 15) is 4.39 Å². The van der Waals surface area contributed by atoms with E-state index < -0.39 is 0 Å². The minimum atomic E-state index is -0.271. The van der Waals surface area contributed by atoms with Gasteiger partial charge in [0.25, 0.3) is 0 Å². The summed E-state index contributed by atoms with van der Waals surface area (Å²) in [5.41, 5.74) is 9.05. The molecular weight excluding hydrogens is 289 g/mol. The molecule has 0 amide bonds. The lowest BCUT2D eigenvalue weighted by Crippen LogP contribution is -2.36. The van der Waals surface area contributed by atoms with Crippen LogP contribution >= 0.6 is 11.6 Å². The van der Waals surface area contributed by atoms with Crippen molar-refractivity contribution < 1.29 is 4.39 Å². The minimum absolute atomic E-state index is 0.00716. The summed E-state index contributed by atoms with van der Waals surface area (Å²) in [6.07, 6.45) is 0. The lowest BCUT2D eigenvalue weighted by Gasteiger charge is -2.27. The Balaban J connectivity index is 2.00. The number of aliphatic imine (C=N–C) groups is 1. The summed E-state index contributed by atoms with van der Waals surface area (Å²) in [4.78, 5) is 6.26. The van der Waals surface area contributed by atoms with Gasteiger partial charge in [-0.15, -0.1) is 0 Å². The molecule has 0 saturated heterocycles. The third-order valence-corrected chi connectivity index (χ3v) is 3.92. The van der Waals surface area contributed by atoms with Crippen LogP contribution in [0.1, 0.15) is 17.2 Å². The number of guanidine groups is 1. The van der Waals surface area contributed by atoms with Crippen molar-refractivity contribution in [2.45, 2.75) is 13.0 Å². The molecule has 0 aliphatic carbocycles. The zero-order valence-electron chi connectivity index (χ0n) is 11.6. The molecule has 108 valence electrons. The second-order valence-electron chi connectivity index (χ2n) is 5.06. The van der Waals surface area contributed by atoms with Crippen LogP contribution in [0.3, 0.4) is 0 Å². The van der Waals surface area contributed by atoms with Crippen molar-refractivity contribution in [1.29, 1.82) is 0 Å². The maximum absolute atomic E-state index is 13.1. The second-order valence-corrected chi connectivity index (χ2v) is 5.50. The quantitative estimate of drug-likeness (QED) is 0.920. The molecule has 0 aromatic heterocycles. The Morgan fingerprint density at radius 3 is 2.62 bits per heavy atom. The molecule has 2 N–H and O–H groups in total. The first-order valence-electron chi connectivity index (χ1n) is 6.67. The lowest BCUT2D eigenvalue weighted by molar-refractivity contribution is 0.627. The number of benzene rings is 2. The van der Waals surface area contributed by atoms with E-state index in [2.05, 4.69) is 4.99 Å². The molecule has 0 saturated carbocycles. The molecule has 2 aromatic rings. The predicted molar refractivity (Wildman–Crippen MR) is 84.3 cm³/mol. The van der Waals surface area contributed by atoms with Gasteiger partial charge in [-0.3, -0.25) is 4.99 Å². The van der Waals surface area contributed by atoms with Gasteiger partial charge in [0.05, 0.1) is 12.6 Å². The Bertz CT molecular complexity index is 697. The van der Waals surface area contributed by atoms with Gasteiger partial charge in [0.2, 0.25) is 0 Å². The number of hydrogen-bond donors (Lipinski definition) is 1. The maximum atomic E-state index is 13.1. The zero-order chi connectivity index (χ0) is 15.0. The van der Waals surface area contributed by atoms with Crippen LogP contribution < -0.4 is 10.6 Å². The van der Waals surface area contributed by atoms with E-state index in [0.29, 0.717) is 17.5 Å². The average molecular weight is 304 g/mol. The lowest BCUT2D eigenvalue weighted by atomic mass is 10.0. The monoisotopic (exact) mass is 303 g/mol. The summed E-state index contributed by atoms with van der Waals surface area (Å²) in [5, 5.41) is 0.705. The van der Waals surface area contributed by atoms with Crippen molar-refractivity contribution in [2.24, 2.45) is 10.7 Å². The number of halogens is 2. The molecule has 0 bridgehead atoms. The molecule has 1 aliphatic rings. The summed E-state index contributed by atoms with van der Waals surface area (Å²) in [5.74, 6) is 0.175. The SMILES string of the molecule is Cc1cc(Cl)ccc1C1CN=C(N)N1c1ccc(F)cc1. The first-order valence-corrected chi connectivity index (χ1v) is 7.05. The van der Waals surface area contributed by atoms with Crippen LogP contribution in [-0.4, -0.2) is 12.5 Å². The third kappa shape index (κ3) is 2.59. The summed E-state index contributed by atoms with van der Waals surface area (Å²) in [6.45, 7) is 2.59. The number of nitrogens with two attached hydrogens (primary N) is 1. The van der Waals surface area contributed by atoms with Crippen LogP contribution in [-0.2, 0) is 0 Å². The fraction of sp³-hybridized carbons (Fsp3) is 0.188. The molecular formula is C16H15ClFN3. The zero-order valence-corrected chi connectivity index (χ0v) is 12.3. The molecule has 2 aromatic carbocycles. The van der Waals surface area contributed by atoms with Gasteiger partial charge >= 0.3 is 0 Å². The van der Waals surface area contributed by atoms with Gasteiger partial charge in [-0.05, 0) is 54.4 Å². The van der Waals surface area contributed by atoms with Crippen LogP contribution in [0.4, 0.5) is 10.1 Å². The molecule has 0 fully saturated rings. The third-order valence-electron chi connectivity index (χ3n) is 3.68. The Morgan fingerprint density at radius 2 is 1.95 bits per heavy atom. The van der Waals surface area contributed by atoms with Gasteiger partial charge in [0, 0.05) is 10.7 Å². The number of rotatable bonds is 2. The van der Waals surface area contributed by atoms with Gasteiger partial charge in [-0.2, -0.15) is 0 Å². The molecule has 1 unspecified atom stereocenters. The van der Waals surface area contributed by atoms with E-state index in [1.807, 2.05) is 30.0 Å². The number of anilines is 1. The van der Waals surface area contributed by atoms with Crippen LogP contribution in [0.25, 0.3) is 0 Å². The van der Waals surface area contributed by atoms with E-state index >= 15 is 0 Å². The van der Waals surface area contributed by atoms with Crippen molar-refractivity contribution in [1.82, 2.24) is 0 Å². The molecule has 1 heterocycles. The van der Waals surface area contributed by atoms with Gasteiger partial charge in [0.15, 0.2) is 5.96 Å². The van der Waals surface area contributed by atoms with Crippen molar-refractivity contribution in [2.75, 3.05) is 11.4 Å². The fourth-order valence-corrected chi connectivity index (χ4v) is 2.89. The molecule has 0 spiro atoms. The minimum Gasteiger partial charge on any atom is -0.369 e. The highest BCUT2D eigenvalue weighted by Gasteiger charge is 2.29. The number of nitrogens with zero attached hydrogens (tertiary/aromatic N) is 2. The first-order chi connectivity index (χ1) is 10.1. The van der Waals surface area contributed by atoms with E-state index in [-0.39, 0.29) is 11.9 Å². The van der Waals surface area contributed by atoms with Gasteiger partial charge in [-0.1, -0.05) is 17.7 Å². The van der Waals surface area contributed by atoms with E-state index in [1.54, 1.807) is 12.1 Å². The molecule has 5 heteroatoms. The Morgan fingerprint density at radius 1 is 1.24 bits per heavy atom. The smallest absolute Gasteiger partial charge is 0.196 e. The number of hydrogen-bond acceptors (Lipinski definition) is 3. The molecule has 1 atom stereocenters. The molecule has 3 rings (SSSR count). The van der Waals surface area contributed by atoms with Gasteiger partial charge < -0.3 is 10.6 Å². The first kappa shape index (κ1) is 13.9. The van der Waals surface area contributed by atoms with Crippen molar-refractivity contribution >= 4 is 23.2 Å². The summed E-state index contributed by atoms with van der Waals surface area (Å²) >= 11 is 6.01. The summed E-state index contributed by atoms with van der Waals surface area (Å²) < 4.78 is 13.1. The van der Waals surface area contributed by atoms with Crippen molar-refractivity contribution in [3.8, 4) is 0 Å². The Kier molecular flexibility index (Phi) is 3.55. The van der Waals surface area contributed by atoms with Crippen molar-refractivity contribution in [3.05, 3.63) is 64.4 Å².